The first-order chi connectivity index (χ1) is 16.7. The minimum Gasteiger partial charge on any atom is -0.337 e. The molecule has 1 amide bonds. The Labute approximate surface area is 198 Å². The third-order valence-electron chi connectivity index (χ3n) is 5.54. The second-order valence-electron chi connectivity index (χ2n) is 7.97. The van der Waals surface area contributed by atoms with Crippen molar-refractivity contribution in [2.24, 2.45) is 0 Å². The van der Waals surface area contributed by atoms with Crippen LogP contribution in [0.3, 0.4) is 0 Å². The summed E-state index contributed by atoms with van der Waals surface area (Å²) in [7, 11) is 1.78. The third-order valence-corrected chi connectivity index (χ3v) is 5.54. The molecule has 0 atom stereocenters. The van der Waals surface area contributed by atoms with E-state index in [9.17, 15) is 4.79 Å². The summed E-state index contributed by atoms with van der Waals surface area (Å²) in [6.07, 6.45) is 5.15. The lowest BCUT2D eigenvalue weighted by Crippen LogP contribution is -2.26. The van der Waals surface area contributed by atoms with Gasteiger partial charge in [0.25, 0.3) is 5.91 Å². The Morgan fingerprint density at radius 1 is 0.794 bits per heavy atom. The van der Waals surface area contributed by atoms with Crippen LogP contribution in [-0.2, 0) is 6.54 Å². The van der Waals surface area contributed by atoms with Gasteiger partial charge in [0.2, 0.25) is 0 Å². The highest BCUT2D eigenvalue weighted by Gasteiger charge is 2.18. The standard InChI is InChI=1S/C28H23N5O/c1-32(28(34)23-17-29-27(30-18-23)22-13-7-3-8-14-22)19-24-20-33(25-15-9-4-10-16-25)31-26(24)21-11-5-2-6-12-21/h2-18,20H,19H2,1H3. The summed E-state index contributed by atoms with van der Waals surface area (Å²) < 4.78 is 1.85. The van der Waals surface area contributed by atoms with Crippen LogP contribution in [0.25, 0.3) is 28.3 Å². The number of para-hydroxylation sites is 1. The Hall–Kier alpha value is -4.58. The largest absolute Gasteiger partial charge is 0.337 e. The van der Waals surface area contributed by atoms with E-state index in [0.29, 0.717) is 17.9 Å². The zero-order valence-corrected chi connectivity index (χ0v) is 18.7. The van der Waals surface area contributed by atoms with E-state index >= 15 is 0 Å². The van der Waals surface area contributed by atoms with Crippen LogP contribution < -0.4 is 0 Å². The topological polar surface area (TPSA) is 63.9 Å². The Balaban J connectivity index is 1.41. The number of hydrogen-bond donors (Lipinski definition) is 0. The fraction of sp³-hybridized carbons (Fsp3) is 0.0714. The number of aromatic nitrogens is 4. The molecule has 0 bridgehead atoms. The van der Waals surface area contributed by atoms with Crippen LogP contribution in [0, 0.1) is 0 Å². The number of amides is 1. The predicted molar refractivity (Wildman–Crippen MR) is 132 cm³/mol. The number of benzene rings is 3. The fourth-order valence-electron chi connectivity index (χ4n) is 3.80. The average molecular weight is 446 g/mol. The van der Waals surface area contributed by atoms with Gasteiger partial charge < -0.3 is 4.90 Å². The van der Waals surface area contributed by atoms with Gasteiger partial charge >= 0.3 is 0 Å². The van der Waals surface area contributed by atoms with Gasteiger partial charge in [0.15, 0.2) is 5.82 Å². The van der Waals surface area contributed by atoms with Gasteiger partial charge in [0.1, 0.15) is 0 Å². The minimum atomic E-state index is -0.147. The van der Waals surface area contributed by atoms with E-state index in [0.717, 1.165) is 28.1 Å². The highest BCUT2D eigenvalue weighted by molar-refractivity contribution is 5.93. The molecule has 5 rings (SSSR count). The van der Waals surface area contributed by atoms with Gasteiger partial charge in [-0.2, -0.15) is 5.10 Å². The number of hydrogen-bond acceptors (Lipinski definition) is 4. The van der Waals surface area contributed by atoms with E-state index in [1.807, 2.05) is 102 Å². The second kappa shape index (κ2) is 9.50. The van der Waals surface area contributed by atoms with Crippen LogP contribution in [0.15, 0.2) is 110 Å². The maximum atomic E-state index is 13.1. The molecule has 6 heteroatoms. The molecule has 0 fully saturated rings. The second-order valence-corrected chi connectivity index (χ2v) is 7.97. The molecule has 0 aliphatic heterocycles. The molecule has 0 unspecified atom stereocenters. The molecule has 0 aliphatic carbocycles. The lowest BCUT2D eigenvalue weighted by molar-refractivity contribution is 0.0784. The van der Waals surface area contributed by atoms with Crippen LogP contribution in [0.5, 0.6) is 0 Å². The highest BCUT2D eigenvalue weighted by atomic mass is 16.2. The van der Waals surface area contributed by atoms with E-state index in [1.54, 1.807) is 24.3 Å². The van der Waals surface area contributed by atoms with Gasteiger partial charge in [-0.1, -0.05) is 78.9 Å². The SMILES string of the molecule is CN(Cc1cn(-c2ccccc2)nc1-c1ccccc1)C(=O)c1cnc(-c2ccccc2)nc1. The van der Waals surface area contributed by atoms with Crippen molar-refractivity contribution in [1.29, 1.82) is 0 Å². The monoisotopic (exact) mass is 445 g/mol. The third kappa shape index (κ3) is 4.47. The number of carbonyl (C=O) groups is 1. The Kier molecular flexibility index (Phi) is 5.95. The summed E-state index contributed by atoms with van der Waals surface area (Å²) in [6.45, 7) is 0.399. The summed E-state index contributed by atoms with van der Waals surface area (Å²) in [6, 6.07) is 29.7. The van der Waals surface area contributed by atoms with E-state index in [2.05, 4.69) is 9.97 Å². The molecule has 0 radical (unpaired) electrons. The molecule has 2 heterocycles. The summed E-state index contributed by atoms with van der Waals surface area (Å²) in [5.74, 6) is 0.446. The molecule has 0 spiro atoms. The van der Waals surface area contributed by atoms with Gasteiger partial charge in [-0.25, -0.2) is 14.6 Å². The van der Waals surface area contributed by atoms with Crippen molar-refractivity contribution in [3.05, 3.63) is 121 Å². The Morgan fingerprint density at radius 2 is 1.35 bits per heavy atom. The fourth-order valence-corrected chi connectivity index (χ4v) is 3.80. The molecule has 5 aromatic rings. The lowest BCUT2D eigenvalue weighted by Gasteiger charge is -2.17. The number of rotatable bonds is 6. The summed E-state index contributed by atoms with van der Waals surface area (Å²) in [5, 5.41) is 4.84. The summed E-state index contributed by atoms with van der Waals surface area (Å²) >= 11 is 0. The summed E-state index contributed by atoms with van der Waals surface area (Å²) in [4.78, 5) is 23.6. The van der Waals surface area contributed by atoms with Crippen LogP contribution in [0.4, 0.5) is 0 Å². The van der Waals surface area contributed by atoms with Crippen LogP contribution >= 0.6 is 0 Å². The summed E-state index contributed by atoms with van der Waals surface area (Å²) in [5.41, 5.74) is 5.12. The van der Waals surface area contributed by atoms with Gasteiger partial charge in [0.05, 0.1) is 16.9 Å². The maximum Gasteiger partial charge on any atom is 0.257 e. The smallest absolute Gasteiger partial charge is 0.257 e. The molecular weight excluding hydrogens is 422 g/mol. The zero-order valence-electron chi connectivity index (χ0n) is 18.7. The normalized spacial score (nSPS) is 10.7. The van der Waals surface area contributed by atoms with E-state index in [-0.39, 0.29) is 5.91 Å². The predicted octanol–water partition coefficient (Wildman–Crippen LogP) is 5.27. The molecule has 3 aromatic carbocycles. The molecule has 6 nitrogen and oxygen atoms in total. The quantitative estimate of drug-likeness (QED) is 0.357. The van der Waals surface area contributed by atoms with Crippen molar-refractivity contribution in [2.75, 3.05) is 7.05 Å². The molecule has 0 N–H and O–H groups in total. The van der Waals surface area contributed by atoms with Crippen LogP contribution in [0.1, 0.15) is 15.9 Å². The Bertz CT molecular complexity index is 1380. The zero-order chi connectivity index (χ0) is 23.3. The first kappa shape index (κ1) is 21.3. The maximum absolute atomic E-state index is 13.1. The van der Waals surface area contributed by atoms with E-state index < -0.39 is 0 Å². The van der Waals surface area contributed by atoms with Crippen molar-refractivity contribution in [3.63, 3.8) is 0 Å². The molecule has 0 saturated carbocycles. The van der Waals surface area contributed by atoms with E-state index in [1.165, 1.54) is 0 Å². The van der Waals surface area contributed by atoms with Crippen molar-refractivity contribution >= 4 is 5.91 Å². The molecule has 2 aromatic heterocycles. The molecule has 0 aliphatic rings. The van der Waals surface area contributed by atoms with Gasteiger partial charge in [-0.3, -0.25) is 4.79 Å². The van der Waals surface area contributed by atoms with Crippen LogP contribution in [-0.4, -0.2) is 37.6 Å². The average Bonchev–Trinajstić information content (AvgIpc) is 3.33. The number of carbonyl (C=O) groups excluding carboxylic acids is 1. The van der Waals surface area contributed by atoms with Gasteiger partial charge in [-0.15, -0.1) is 0 Å². The van der Waals surface area contributed by atoms with Crippen molar-refractivity contribution in [1.82, 2.24) is 24.6 Å². The lowest BCUT2D eigenvalue weighted by atomic mass is 10.1. The highest BCUT2D eigenvalue weighted by Crippen LogP contribution is 2.25. The molecular formula is C28H23N5O. The minimum absolute atomic E-state index is 0.147. The van der Waals surface area contributed by atoms with Gasteiger partial charge in [0, 0.05) is 48.9 Å². The first-order valence-corrected chi connectivity index (χ1v) is 11.0. The van der Waals surface area contributed by atoms with Crippen molar-refractivity contribution in [2.45, 2.75) is 6.54 Å². The molecule has 34 heavy (non-hydrogen) atoms. The molecule has 0 saturated heterocycles. The first-order valence-electron chi connectivity index (χ1n) is 11.0. The Morgan fingerprint density at radius 3 is 1.97 bits per heavy atom. The van der Waals surface area contributed by atoms with Crippen molar-refractivity contribution < 1.29 is 4.79 Å². The van der Waals surface area contributed by atoms with Crippen LogP contribution in [0.2, 0.25) is 0 Å². The van der Waals surface area contributed by atoms with Gasteiger partial charge in [-0.05, 0) is 12.1 Å². The molecule has 166 valence electrons. The van der Waals surface area contributed by atoms with E-state index in [4.69, 9.17) is 5.10 Å². The number of nitrogens with zero attached hydrogens (tertiary/aromatic N) is 5. The van der Waals surface area contributed by atoms with Crippen molar-refractivity contribution in [3.8, 4) is 28.3 Å².